The molecule has 0 saturated heterocycles. The molecule has 2 N–H and O–H groups in total. The Balaban J connectivity index is 1.84. The number of nitrogens with one attached hydrogen (secondary N) is 2. The Hall–Kier alpha value is -4.34. The molecule has 4 aromatic rings. The first-order chi connectivity index (χ1) is 16.6. The van der Waals surface area contributed by atoms with Gasteiger partial charge in [0.15, 0.2) is 11.5 Å². The maximum atomic E-state index is 5.54. The van der Waals surface area contributed by atoms with Gasteiger partial charge in [-0.2, -0.15) is 0 Å². The molecule has 0 aliphatic carbocycles. The molecule has 4 rings (SSSR count). The monoisotopic (exact) mass is 465 g/mol. The Labute approximate surface area is 197 Å². The number of imidazole rings is 1. The number of hydrogen-bond acceptors (Lipinski definition) is 9. The van der Waals surface area contributed by atoms with E-state index in [9.17, 15) is 0 Å². The zero-order chi connectivity index (χ0) is 24.2. The fraction of sp³-hybridized carbons (Fsp3) is 0.250. The van der Waals surface area contributed by atoms with Crippen molar-refractivity contribution in [3.05, 3.63) is 42.6 Å². The Morgan fingerprint density at radius 2 is 1.50 bits per heavy atom. The van der Waals surface area contributed by atoms with Crippen molar-refractivity contribution in [3.63, 3.8) is 0 Å². The number of pyridine rings is 1. The fourth-order valence-corrected chi connectivity index (χ4v) is 3.71. The lowest BCUT2D eigenvalue weighted by Gasteiger charge is -2.16. The van der Waals surface area contributed by atoms with Gasteiger partial charge in [-0.1, -0.05) is 0 Å². The van der Waals surface area contributed by atoms with Crippen molar-refractivity contribution in [2.45, 2.75) is 0 Å². The molecule has 178 valence electrons. The number of hydrogen-bond donors (Lipinski definition) is 2. The molecule has 0 spiro atoms. The van der Waals surface area contributed by atoms with E-state index in [-0.39, 0.29) is 0 Å². The Morgan fingerprint density at radius 3 is 2.09 bits per heavy atom. The summed E-state index contributed by atoms with van der Waals surface area (Å²) in [6.45, 7) is 0. The molecule has 2 aromatic heterocycles. The first kappa shape index (κ1) is 22.8. The van der Waals surface area contributed by atoms with E-state index in [0.717, 1.165) is 16.9 Å². The lowest BCUT2D eigenvalue weighted by molar-refractivity contribution is 0.324. The van der Waals surface area contributed by atoms with Crippen LogP contribution < -0.4 is 34.3 Å². The average Bonchev–Trinajstić information content (AvgIpc) is 3.25. The lowest BCUT2D eigenvalue weighted by Crippen LogP contribution is -2.04. The van der Waals surface area contributed by atoms with E-state index in [1.807, 2.05) is 41.9 Å². The molecule has 2 aromatic carbocycles. The van der Waals surface area contributed by atoms with Crippen LogP contribution in [0.5, 0.6) is 28.7 Å². The minimum absolute atomic E-state index is 0.514. The van der Waals surface area contributed by atoms with Crippen LogP contribution in [-0.2, 0) is 0 Å². The second-order valence-corrected chi connectivity index (χ2v) is 7.15. The third-order valence-corrected chi connectivity index (χ3v) is 5.34. The standard InChI is InChI=1S/C24H27N5O5/c1-25-24-28-17-13-26-22(27-16-8-7-15(30-2)11-19(16)31-3)12-18(17)29(24)14-9-20(32-4)23(34-6)21(10-14)33-5/h7-13H,1-6H3,(H,25,28)(H,26,27). The number of nitrogens with zero attached hydrogens (tertiary/aromatic N) is 3. The van der Waals surface area contributed by atoms with Crippen LogP contribution in [-0.4, -0.2) is 57.1 Å². The average molecular weight is 466 g/mol. The number of aromatic nitrogens is 3. The van der Waals surface area contributed by atoms with Gasteiger partial charge < -0.3 is 34.3 Å². The van der Waals surface area contributed by atoms with E-state index >= 15 is 0 Å². The van der Waals surface area contributed by atoms with E-state index in [1.54, 1.807) is 47.8 Å². The summed E-state index contributed by atoms with van der Waals surface area (Å²) in [7, 11) is 9.77. The van der Waals surface area contributed by atoms with Gasteiger partial charge in [0, 0.05) is 31.3 Å². The van der Waals surface area contributed by atoms with Crippen molar-refractivity contribution < 1.29 is 23.7 Å². The summed E-state index contributed by atoms with van der Waals surface area (Å²) in [6, 6.07) is 11.2. The Kier molecular flexibility index (Phi) is 6.48. The molecule has 34 heavy (non-hydrogen) atoms. The van der Waals surface area contributed by atoms with Crippen molar-refractivity contribution in [2.24, 2.45) is 0 Å². The quantitative estimate of drug-likeness (QED) is 0.376. The van der Waals surface area contributed by atoms with Crippen molar-refractivity contribution >= 4 is 28.5 Å². The fourth-order valence-electron chi connectivity index (χ4n) is 3.71. The van der Waals surface area contributed by atoms with Crippen molar-refractivity contribution in [1.29, 1.82) is 0 Å². The predicted octanol–water partition coefficient (Wildman–Crippen LogP) is 4.25. The number of ether oxygens (including phenoxy) is 5. The number of fused-ring (bicyclic) bond motifs is 1. The molecule has 0 saturated carbocycles. The summed E-state index contributed by atoms with van der Waals surface area (Å²) >= 11 is 0. The summed E-state index contributed by atoms with van der Waals surface area (Å²) in [5, 5.41) is 6.46. The third kappa shape index (κ3) is 4.05. The highest BCUT2D eigenvalue weighted by Gasteiger charge is 2.19. The SMILES string of the molecule is CNc1nc2cnc(Nc3ccc(OC)cc3OC)cc2n1-c1cc(OC)c(OC)c(OC)c1. The van der Waals surface area contributed by atoms with Crippen molar-refractivity contribution in [3.8, 4) is 34.4 Å². The zero-order valence-corrected chi connectivity index (χ0v) is 19.9. The molecule has 10 heteroatoms. The topological polar surface area (TPSA) is 101 Å². The molecule has 0 aliphatic heterocycles. The van der Waals surface area contributed by atoms with Crippen molar-refractivity contribution in [2.75, 3.05) is 53.2 Å². The van der Waals surface area contributed by atoms with Crippen LogP contribution in [0.15, 0.2) is 42.6 Å². The molecule has 0 fully saturated rings. The summed E-state index contributed by atoms with van der Waals surface area (Å²) in [5.41, 5.74) is 3.07. The molecule has 0 bridgehead atoms. The predicted molar refractivity (Wildman–Crippen MR) is 131 cm³/mol. The molecule has 0 radical (unpaired) electrons. The molecule has 2 heterocycles. The van der Waals surface area contributed by atoms with E-state index in [0.29, 0.717) is 46.0 Å². The maximum absolute atomic E-state index is 5.54. The Morgan fingerprint density at radius 1 is 0.794 bits per heavy atom. The largest absolute Gasteiger partial charge is 0.497 e. The van der Waals surface area contributed by atoms with E-state index < -0.39 is 0 Å². The van der Waals surface area contributed by atoms with Crippen LogP contribution in [0.25, 0.3) is 16.7 Å². The van der Waals surface area contributed by atoms with Gasteiger partial charge in [0.25, 0.3) is 0 Å². The highest BCUT2D eigenvalue weighted by Crippen LogP contribution is 2.41. The molecule has 10 nitrogen and oxygen atoms in total. The van der Waals surface area contributed by atoms with Crippen molar-refractivity contribution in [1.82, 2.24) is 14.5 Å². The summed E-state index contributed by atoms with van der Waals surface area (Å²) in [5.74, 6) is 4.17. The van der Waals surface area contributed by atoms with Crippen LogP contribution in [0.1, 0.15) is 0 Å². The first-order valence-electron chi connectivity index (χ1n) is 10.4. The van der Waals surface area contributed by atoms with Gasteiger partial charge in [-0.25, -0.2) is 9.97 Å². The zero-order valence-electron chi connectivity index (χ0n) is 19.9. The number of rotatable bonds is 9. The maximum Gasteiger partial charge on any atom is 0.208 e. The third-order valence-electron chi connectivity index (χ3n) is 5.34. The molecule has 0 amide bonds. The van der Waals surface area contributed by atoms with Crippen LogP contribution in [0.3, 0.4) is 0 Å². The van der Waals surface area contributed by atoms with Gasteiger partial charge in [0.2, 0.25) is 11.7 Å². The minimum Gasteiger partial charge on any atom is -0.497 e. The van der Waals surface area contributed by atoms with Gasteiger partial charge in [-0.3, -0.25) is 4.57 Å². The second-order valence-electron chi connectivity index (χ2n) is 7.15. The normalized spacial score (nSPS) is 10.6. The van der Waals surface area contributed by atoms with Gasteiger partial charge in [0.1, 0.15) is 22.8 Å². The molecular weight excluding hydrogens is 438 g/mol. The van der Waals surface area contributed by atoms with Gasteiger partial charge in [-0.05, 0) is 12.1 Å². The number of anilines is 3. The van der Waals surface area contributed by atoms with E-state index in [1.165, 1.54) is 0 Å². The van der Waals surface area contributed by atoms with Crippen LogP contribution in [0.2, 0.25) is 0 Å². The molecular formula is C24H27N5O5. The summed E-state index contributed by atoms with van der Waals surface area (Å²) in [6.07, 6.45) is 1.71. The summed E-state index contributed by atoms with van der Waals surface area (Å²) in [4.78, 5) is 9.20. The first-order valence-corrected chi connectivity index (χ1v) is 10.4. The number of methoxy groups -OCH3 is 5. The van der Waals surface area contributed by atoms with Gasteiger partial charge >= 0.3 is 0 Å². The smallest absolute Gasteiger partial charge is 0.208 e. The number of benzene rings is 2. The highest BCUT2D eigenvalue weighted by atomic mass is 16.5. The molecule has 0 aliphatic rings. The van der Waals surface area contributed by atoms with Crippen LogP contribution in [0, 0.1) is 0 Å². The Bertz CT molecular complexity index is 1300. The van der Waals surface area contributed by atoms with Gasteiger partial charge in [-0.15, -0.1) is 0 Å². The molecule has 0 atom stereocenters. The minimum atomic E-state index is 0.514. The van der Waals surface area contributed by atoms with Crippen LogP contribution >= 0.6 is 0 Å². The second kappa shape index (κ2) is 9.65. The van der Waals surface area contributed by atoms with Crippen LogP contribution in [0.4, 0.5) is 17.5 Å². The summed E-state index contributed by atoms with van der Waals surface area (Å²) < 4.78 is 29.3. The molecule has 0 unspecified atom stereocenters. The van der Waals surface area contributed by atoms with Gasteiger partial charge in [0.05, 0.1) is 58.6 Å². The van der Waals surface area contributed by atoms with E-state index in [2.05, 4.69) is 20.6 Å². The van der Waals surface area contributed by atoms with E-state index in [4.69, 9.17) is 23.7 Å². The highest BCUT2D eigenvalue weighted by molar-refractivity contribution is 5.84. The lowest BCUT2D eigenvalue weighted by atomic mass is 10.2.